The fourth-order valence-corrected chi connectivity index (χ4v) is 0.821. The van der Waals surface area contributed by atoms with Gasteiger partial charge in [0, 0.05) is 6.08 Å². The van der Waals surface area contributed by atoms with Gasteiger partial charge in [0.05, 0.1) is 6.61 Å². The summed E-state index contributed by atoms with van der Waals surface area (Å²) in [6, 6.07) is 0. The fraction of sp³-hybridized carbons (Fsp3) is 0.545. The molecule has 0 aliphatic carbocycles. The maximum Gasteiger partial charge on any atom is 0.330 e. The Morgan fingerprint density at radius 1 is 1.31 bits per heavy atom. The molecule has 0 unspecified atom stereocenters. The van der Waals surface area contributed by atoms with Crippen LogP contribution in [0.1, 0.15) is 33.1 Å². The molecule has 0 aliphatic rings. The van der Waals surface area contributed by atoms with E-state index in [0.717, 1.165) is 6.42 Å². The van der Waals surface area contributed by atoms with Gasteiger partial charge in [-0.05, 0) is 13.3 Å². The maximum absolute atomic E-state index is 10.8. The number of carbonyl (C=O) groups is 1. The summed E-state index contributed by atoms with van der Waals surface area (Å²) < 4.78 is 4.71. The van der Waals surface area contributed by atoms with Crippen molar-refractivity contribution in [3.05, 3.63) is 24.3 Å². The zero-order valence-electron chi connectivity index (χ0n) is 8.45. The summed E-state index contributed by atoms with van der Waals surface area (Å²) in [6.45, 7) is 4.38. The van der Waals surface area contributed by atoms with Gasteiger partial charge in [0.25, 0.3) is 0 Å². The molecule has 0 saturated carbocycles. The van der Waals surface area contributed by atoms with Gasteiger partial charge in [-0.3, -0.25) is 0 Å². The Labute approximate surface area is 80.3 Å². The number of allylic oxidation sites excluding steroid dienone is 3. The van der Waals surface area contributed by atoms with E-state index in [1.165, 1.54) is 18.9 Å². The largest absolute Gasteiger partial charge is 0.463 e. The van der Waals surface area contributed by atoms with Crippen LogP contribution >= 0.6 is 0 Å². The third-order valence-electron chi connectivity index (χ3n) is 1.49. The van der Waals surface area contributed by atoms with E-state index < -0.39 is 0 Å². The van der Waals surface area contributed by atoms with Crippen LogP contribution in [-0.2, 0) is 9.53 Å². The molecule has 0 radical (unpaired) electrons. The van der Waals surface area contributed by atoms with E-state index >= 15 is 0 Å². The minimum Gasteiger partial charge on any atom is -0.463 e. The van der Waals surface area contributed by atoms with Crippen LogP contribution in [0.25, 0.3) is 0 Å². The molecule has 13 heavy (non-hydrogen) atoms. The van der Waals surface area contributed by atoms with E-state index in [-0.39, 0.29) is 5.97 Å². The molecule has 0 aromatic heterocycles. The van der Waals surface area contributed by atoms with E-state index in [9.17, 15) is 4.79 Å². The Kier molecular flexibility index (Phi) is 8.31. The molecular weight excluding hydrogens is 164 g/mol. The van der Waals surface area contributed by atoms with Crippen molar-refractivity contribution in [2.24, 2.45) is 0 Å². The SMILES string of the molecule is CCCC/C=C\C=C\C(=O)OCC. The summed E-state index contributed by atoms with van der Waals surface area (Å²) in [5.41, 5.74) is 0. The highest BCUT2D eigenvalue weighted by Gasteiger charge is 1.89. The van der Waals surface area contributed by atoms with Gasteiger partial charge in [-0.25, -0.2) is 4.79 Å². The molecule has 0 aromatic carbocycles. The van der Waals surface area contributed by atoms with Crippen LogP contribution in [0.3, 0.4) is 0 Å². The van der Waals surface area contributed by atoms with Crippen LogP contribution in [0.4, 0.5) is 0 Å². The van der Waals surface area contributed by atoms with Gasteiger partial charge < -0.3 is 4.74 Å². The standard InChI is InChI=1S/C11H18O2/c1-3-5-6-7-8-9-10-11(12)13-4-2/h7-10H,3-6H2,1-2H3/b8-7-,10-9+. The van der Waals surface area contributed by atoms with Gasteiger partial charge in [0.15, 0.2) is 0 Å². The van der Waals surface area contributed by atoms with E-state index in [1.54, 1.807) is 13.0 Å². The minimum atomic E-state index is -0.275. The van der Waals surface area contributed by atoms with Crippen LogP contribution < -0.4 is 0 Å². The number of carbonyl (C=O) groups excluding carboxylic acids is 1. The monoisotopic (exact) mass is 182 g/mol. The maximum atomic E-state index is 10.8. The van der Waals surface area contributed by atoms with Crippen molar-refractivity contribution >= 4 is 5.97 Å². The lowest BCUT2D eigenvalue weighted by atomic mass is 10.2. The number of unbranched alkanes of at least 4 members (excludes halogenated alkanes) is 2. The molecule has 0 rings (SSSR count). The van der Waals surface area contributed by atoms with Crippen molar-refractivity contribution in [3.8, 4) is 0 Å². The Morgan fingerprint density at radius 2 is 2.08 bits per heavy atom. The Hall–Kier alpha value is -1.05. The molecule has 2 heteroatoms. The van der Waals surface area contributed by atoms with Crippen molar-refractivity contribution < 1.29 is 9.53 Å². The number of hydrogen-bond donors (Lipinski definition) is 0. The predicted octanol–water partition coefficient (Wildman–Crippen LogP) is 2.85. The van der Waals surface area contributed by atoms with Gasteiger partial charge in [-0.15, -0.1) is 0 Å². The molecule has 0 aromatic rings. The zero-order valence-corrected chi connectivity index (χ0v) is 8.45. The summed E-state index contributed by atoms with van der Waals surface area (Å²) in [4.78, 5) is 10.8. The highest BCUT2D eigenvalue weighted by atomic mass is 16.5. The molecular formula is C11H18O2. The van der Waals surface area contributed by atoms with Crippen LogP contribution in [0.2, 0.25) is 0 Å². The fourth-order valence-electron chi connectivity index (χ4n) is 0.821. The van der Waals surface area contributed by atoms with Gasteiger partial charge in [0.2, 0.25) is 0 Å². The summed E-state index contributed by atoms with van der Waals surface area (Å²) in [5.74, 6) is -0.275. The molecule has 0 bridgehead atoms. The first-order valence-electron chi connectivity index (χ1n) is 4.81. The lowest BCUT2D eigenvalue weighted by molar-refractivity contribution is -0.137. The highest BCUT2D eigenvalue weighted by Crippen LogP contribution is 1.94. The average molecular weight is 182 g/mol. The third-order valence-corrected chi connectivity index (χ3v) is 1.49. The van der Waals surface area contributed by atoms with Crippen LogP contribution in [-0.4, -0.2) is 12.6 Å². The van der Waals surface area contributed by atoms with Gasteiger partial charge >= 0.3 is 5.97 Å². The zero-order chi connectivity index (χ0) is 9.94. The van der Waals surface area contributed by atoms with Crippen molar-refractivity contribution in [2.45, 2.75) is 33.1 Å². The van der Waals surface area contributed by atoms with E-state index in [1.807, 2.05) is 6.08 Å². The molecule has 74 valence electrons. The molecule has 0 saturated heterocycles. The van der Waals surface area contributed by atoms with Gasteiger partial charge in [0.1, 0.15) is 0 Å². The van der Waals surface area contributed by atoms with Crippen LogP contribution in [0, 0.1) is 0 Å². The minimum absolute atomic E-state index is 0.275. The van der Waals surface area contributed by atoms with Gasteiger partial charge in [-0.2, -0.15) is 0 Å². The van der Waals surface area contributed by atoms with Gasteiger partial charge in [-0.1, -0.05) is 38.0 Å². The molecule has 0 N–H and O–H groups in total. The lowest BCUT2D eigenvalue weighted by Gasteiger charge is -1.92. The lowest BCUT2D eigenvalue weighted by Crippen LogP contribution is -1.98. The Morgan fingerprint density at radius 3 is 2.69 bits per heavy atom. The number of ether oxygens (including phenoxy) is 1. The first-order chi connectivity index (χ1) is 6.31. The Bertz CT molecular complexity index is 181. The molecule has 0 heterocycles. The van der Waals surface area contributed by atoms with Crippen molar-refractivity contribution in [2.75, 3.05) is 6.61 Å². The highest BCUT2D eigenvalue weighted by molar-refractivity contribution is 5.82. The molecule has 0 amide bonds. The number of hydrogen-bond acceptors (Lipinski definition) is 2. The van der Waals surface area contributed by atoms with Crippen LogP contribution in [0.15, 0.2) is 24.3 Å². The Balaban J connectivity index is 3.49. The topological polar surface area (TPSA) is 26.3 Å². The van der Waals surface area contributed by atoms with Crippen molar-refractivity contribution in [3.63, 3.8) is 0 Å². The normalized spacial score (nSPS) is 11.2. The number of rotatable bonds is 6. The van der Waals surface area contributed by atoms with Crippen molar-refractivity contribution in [1.29, 1.82) is 0 Å². The first-order valence-corrected chi connectivity index (χ1v) is 4.81. The first kappa shape index (κ1) is 11.9. The second-order valence-electron chi connectivity index (χ2n) is 2.68. The quantitative estimate of drug-likeness (QED) is 0.273. The van der Waals surface area contributed by atoms with E-state index in [0.29, 0.717) is 6.61 Å². The molecule has 0 aliphatic heterocycles. The van der Waals surface area contributed by atoms with E-state index in [4.69, 9.17) is 4.74 Å². The molecule has 0 atom stereocenters. The smallest absolute Gasteiger partial charge is 0.330 e. The summed E-state index contributed by atoms with van der Waals surface area (Å²) in [7, 11) is 0. The third kappa shape index (κ3) is 8.86. The summed E-state index contributed by atoms with van der Waals surface area (Å²) in [5, 5.41) is 0. The summed E-state index contributed by atoms with van der Waals surface area (Å²) >= 11 is 0. The van der Waals surface area contributed by atoms with Crippen LogP contribution in [0.5, 0.6) is 0 Å². The number of esters is 1. The molecule has 0 spiro atoms. The predicted molar refractivity (Wildman–Crippen MR) is 54.4 cm³/mol. The summed E-state index contributed by atoms with van der Waals surface area (Å²) in [6.07, 6.45) is 10.6. The van der Waals surface area contributed by atoms with Crippen molar-refractivity contribution in [1.82, 2.24) is 0 Å². The second-order valence-corrected chi connectivity index (χ2v) is 2.68. The average Bonchev–Trinajstić information content (AvgIpc) is 2.11. The van der Waals surface area contributed by atoms with E-state index in [2.05, 4.69) is 13.0 Å². The molecule has 0 fully saturated rings. The second kappa shape index (κ2) is 9.04. The molecule has 2 nitrogen and oxygen atoms in total.